The minimum absolute atomic E-state index is 0.0155. The summed E-state index contributed by atoms with van der Waals surface area (Å²) in [7, 11) is 0. The normalized spacial score (nSPS) is 14.2. The van der Waals surface area contributed by atoms with E-state index in [9.17, 15) is 9.59 Å². The topological polar surface area (TPSA) is 46.2 Å². The summed E-state index contributed by atoms with van der Waals surface area (Å²) < 4.78 is 0. The molecule has 1 aliphatic heterocycles. The Kier molecular flexibility index (Phi) is 3.88. The molecule has 21 heavy (non-hydrogen) atoms. The second-order valence-electron chi connectivity index (χ2n) is 5.19. The minimum Gasteiger partial charge on any atom is -0.352 e. The average Bonchev–Trinajstić information content (AvgIpc) is 2.91. The highest BCUT2D eigenvalue weighted by molar-refractivity contribution is 7.12. The number of nitrogens with one attached hydrogen (secondary N) is 1. The molecule has 0 atom stereocenters. The maximum atomic E-state index is 12.6. The summed E-state index contributed by atoms with van der Waals surface area (Å²) in [6, 6.07) is 7.51. The van der Waals surface area contributed by atoms with E-state index in [1.807, 2.05) is 30.5 Å². The number of hydrogen-bond acceptors (Lipinski definition) is 3. The maximum absolute atomic E-state index is 12.6. The molecule has 1 amide bonds. The number of carbonyl (C=O) groups excluding carboxylic acids is 2. The first-order valence-electron chi connectivity index (χ1n) is 7.23. The Morgan fingerprint density at radius 3 is 3.00 bits per heavy atom. The van der Waals surface area contributed by atoms with Gasteiger partial charge >= 0.3 is 0 Å². The summed E-state index contributed by atoms with van der Waals surface area (Å²) in [5, 5.41) is 4.82. The summed E-state index contributed by atoms with van der Waals surface area (Å²) in [6.07, 6.45) is 2.66. The molecule has 3 nitrogen and oxygen atoms in total. The summed E-state index contributed by atoms with van der Waals surface area (Å²) in [5.41, 5.74) is 3.35. The lowest BCUT2D eigenvalue weighted by Gasteiger charge is -2.07. The number of ketones is 1. The first-order valence-corrected chi connectivity index (χ1v) is 8.11. The Labute approximate surface area is 128 Å². The van der Waals surface area contributed by atoms with Gasteiger partial charge in [-0.1, -0.05) is 19.1 Å². The van der Waals surface area contributed by atoms with Gasteiger partial charge in [0, 0.05) is 17.7 Å². The van der Waals surface area contributed by atoms with Gasteiger partial charge in [0.05, 0.1) is 4.88 Å². The van der Waals surface area contributed by atoms with Gasteiger partial charge in [-0.2, -0.15) is 0 Å². The minimum atomic E-state index is -0.0703. The van der Waals surface area contributed by atoms with Crippen LogP contribution in [0.1, 0.15) is 50.1 Å². The van der Waals surface area contributed by atoms with Crippen molar-refractivity contribution in [2.45, 2.75) is 26.2 Å². The fraction of sp³-hybridized carbons (Fsp3) is 0.294. The average molecular weight is 299 g/mol. The Bertz CT molecular complexity index is 703. The molecule has 4 heteroatoms. The van der Waals surface area contributed by atoms with Crippen molar-refractivity contribution in [2.75, 3.05) is 6.54 Å². The van der Waals surface area contributed by atoms with Crippen LogP contribution in [-0.2, 0) is 12.8 Å². The van der Waals surface area contributed by atoms with Gasteiger partial charge in [0.15, 0.2) is 0 Å². The number of thiophene rings is 1. The van der Waals surface area contributed by atoms with Gasteiger partial charge in [-0.05, 0) is 47.9 Å². The molecule has 0 fully saturated rings. The molecule has 0 aliphatic carbocycles. The molecule has 2 aromatic rings. The predicted octanol–water partition coefficient (Wildman–Crippen LogP) is 3.22. The second-order valence-corrected chi connectivity index (χ2v) is 6.11. The molecule has 3 rings (SSSR count). The van der Waals surface area contributed by atoms with E-state index >= 15 is 0 Å². The van der Waals surface area contributed by atoms with Crippen molar-refractivity contribution in [1.82, 2.24) is 5.32 Å². The molecular weight excluding hydrogens is 282 g/mol. The van der Waals surface area contributed by atoms with Gasteiger partial charge in [-0.3, -0.25) is 9.59 Å². The van der Waals surface area contributed by atoms with Crippen molar-refractivity contribution in [1.29, 1.82) is 0 Å². The molecule has 1 aromatic carbocycles. The molecule has 0 saturated carbocycles. The van der Waals surface area contributed by atoms with Gasteiger partial charge < -0.3 is 5.32 Å². The van der Waals surface area contributed by atoms with Crippen LogP contribution >= 0.6 is 11.3 Å². The fourth-order valence-electron chi connectivity index (χ4n) is 2.67. The van der Waals surface area contributed by atoms with E-state index in [2.05, 4.69) is 5.32 Å². The van der Waals surface area contributed by atoms with Crippen LogP contribution in [0.25, 0.3) is 0 Å². The highest BCUT2D eigenvalue weighted by Crippen LogP contribution is 2.24. The zero-order chi connectivity index (χ0) is 14.8. The van der Waals surface area contributed by atoms with Crippen molar-refractivity contribution >= 4 is 23.0 Å². The maximum Gasteiger partial charge on any atom is 0.251 e. The largest absolute Gasteiger partial charge is 0.352 e. The first-order chi connectivity index (χ1) is 10.2. The third-order valence-corrected chi connectivity index (χ3v) is 4.81. The lowest BCUT2D eigenvalue weighted by molar-refractivity contribution is 0.0956. The van der Waals surface area contributed by atoms with E-state index < -0.39 is 0 Å². The molecule has 1 aromatic heterocycles. The standard InChI is InChI=1S/C17H17NO2S/c1-2-11-7-9-21-16(11)15(19)13-6-5-12-4-3-8-18-17(20)14(12)10-13/h5-7,9-10H,2-4,8H2,1H3,(H,18,20). The van der Waals surface area contributed by atoms with Crippen molar-refractivity contribution in [2.24, 2.45) is 0 Å². The summed E-state index contributed by atoms with van der Waals surface area (Å²) >= 11 is 1.47. The molecule has 0 bridgehead atoms. The van der Waals surface area contributed by atoms with E-state index in [-0.39, 0.29) is 11.7 Å². The number of hydrogen-bond donors (Lipinski definition) is 1. The summed E-state index contributed by atoms with van der Waals surface area (Å²) in [5.74, 6) is -0.0549. The second kappa shape index (κ2) is 5.82. The van der Waals surface area contributed by atoms with Gasteiger partial charge in [-0.15, -0.1) is 11.3 Å². The number of fused-ring (bicyclic) bond motifs is 1. The predicted molar refractivity (Wildman–Crippen MR) is 84.2 cm³/mol. The van der Waals surface area contributed by atoms with Gasteiger partial charge in [0.25, 0.3) is 5.91 Å². The quantitative estimate of drug-likeness (QED) is 0.885. The van der Waals surface area contributed by atoms with Crippen molar-refractivity contribution < 1.29 is 9.59 Å². The van der Waals surface area contributed by atoms with Crippen LogP contribution in [0.3, 0.4) is 0 Å². The van der Waals surface area contributed by atoms with E-state index in [1.54, 1.807) is 6.07 Å². The number of benzene rings is 1. The number of aryl methyl sites for hydroxylation is 2. The smallest absolute Gasteiger partial charge is 0.251 e. The monoisotopic (exact) mass is 299 g/mol. The first kappa shape index (κ1) is 14.0. The Balaban J connectivity index is 2.00. The van der Waals surface area contributed by atoms with Gasteiger partial charge in [0.2, 0.25) is 5.78 Å². The highest BCUT2D eigenvalue weighted by atomic mass is 32.1. The third-order valence-electron chi connectivity index (χ3n) is 3.86. The van der Waals surface area contributed by atoms with Crippen LogP contribution in [0.4, 0.5) is 0 Å². The number of rotatable bonds is 3. The molecule has 1 aliphatic rings. The van der Waals surface area contributed by atoms with E-state index in [4.69, 9.17) is 0 Å². The van der Waals surface area contributed by atoms with Gasteiger partial charge in [0.1, 0.15) is 0 Å². The molecule has 1 N–H and O–H groups in total. The van der Waals surface area contributed by atoms with Crippen LogP contribution in [-0.4, -0.2) is 18.2 Å². The van der Waals surface area contributed by atoms with Gasteiger partial charge in [-0.25, -0.2) is 0 Å². The van der Waals surface area contributed by atoms with Crippen molar-refractivity contribution in [3.05, 3.63) is 56.8 Å². The fourth-order valence-corrected chi connectivity index (χ4v) is 3.62. The molecule has 108 valence electrons. The summed E-state index contributed by atoms with van der Waals surface area (Å²) in [6.45, 7) is 2.74. The van der Waals surface area contributed by atoms with Crippen LogP contribution < -0.4 is 5.32 Å². The lowest BCUT2D eigenvalue weighted by atomic mass is 9.97. The lowest BCUT2D eigenvalue weighted by Crippen LogP contribution is -2.22. The molecule has 0 unspecified atom stereocenters. The molecule has 2 heterocycles. The van der Waals surface area contributed by atoms with E-state index in [1.165, 1.54) is 11.3 Å². The Hall–Kier alpha value is -1.94. The SMILES string of the molecule is CCc1ccsc1C(=O)c1ccc2c(c1)C(=O)NCCC2. The molecule has 0 saturated heterocycles. The Morgan fingerprint density at radius 1 is 1.33 bits per heavy atom. The van der Waals surface area contributed by atoms with Crippen LogP contribution in [0.2, 0.25) is 0 Å². The molecule has 0 radical (unpaired) electrons. The van der Waals surface area contributed by atoms with Crippen LogP contribution in [0, 0.1) is 0 Å². The summed E-state index contributed by atoms with van der Waals surface area (Å²) in [4.78, 5) is 25.5. The zero-order valence-electron chi connectivity index (χ0n) is 11.9. The van der Waals surface area contributed by atoms with Crippen LogP contribution in [0.5, 0.6) is 0 Å². The molecular formula is C17H17NO2S. The zero-order valence-corrected chi connectivity index (χ0v) is 12.8. The van der Waals surface area contributed by atoms with E-state index in [0.717, 1.165) is 35.3 Å². The number of amides is 1. The van der Waals surface area contributed by atoms with E-state index in [0.29, 0.717) is 17.7 Å². The van der Waals surface area contributed by atoms with Crippen molar-refractivity contribution in [3.8, 4) is 0 Å². The highest BCUT2D eigenvalue weighted by Gasteiger charge is 2.19. The third kappa shape index (κ3) is 2.63. The Morgan fingerprint density at radius 2 is 2.19 bits per heavy atom. The molecule has 0 spiro atoms. The van der Waals surface area contributed by atoms with Crippen molar-refractivity contribution in [3.63, 3.8) is 0 Å². The number of carbonyl (C=O) groups is 2. The van der Waals surface area contributed by atoms with Crippen LogP contribution in [0.15, 0.2) is 29.6 Å².